The Morgan fingerprint density at radius 1 is 1.13 bits per heavy atom. The van der Waals surface area contributed by atoms with Crippen LogP contribution < -0.4 is 0 Å². The van der Waals surface area contributed by atoms with Gasteiger partial charge in [0, 0.05) is 5.33 Å². The minimum absolute atomic E-state index is 0.0735. The van der Waals surface area contributed by atoms with Gasteiger partial charge in [-0.15, -0.1) is 0 Å². The zero-order valence-corrected chi connectivity index (χ0v) is 11.5. The van der Waals surface area contributed by atoms with E-state index in [0.717, 1.165) is 11.9 Å². The lowest BCUT2D eigenvalue weighted by Gasteiger charge is -2.25. The van der Waals surface area contributed by atoms with Crippen molar-refractivity contribution in [3.05, 3.63) is 0 Å². The molecule has 0 radical (unpaired) electrons. The fourth-order valence-electron chi connectivity index (χ4n) is 1.80. The van der Waals surface area contributed by atoms with Crippen molar-refractivity contribution < 1.29 is 9.47 Å². The number of hydrogen-bond acceptors (Lipinski definition) is 2. The lowest BCUT2D eigenvalue weighted by Crippen LogP contribution is -2.29. The lowest BCUT2D eigenvalue weighted by atomic mass is 9.98. The van der Waals surface area contributed by atoms with Gasteiger partial charge in [-0.3, -0.25) is 0 Å². The van der Waals surface area contributed by atoms with Gasteiger partial charge >= 0.3 is 0 Å². The molecule has 0 aromatic carbocycles. The number of hydrogen-bond donors (Lipinski definition) is 0. The van der Waals surface area contributed by atoms with E-state index in [1.165, 1.54) is 32.1 Å². The number of alkyl halides is 1. The molecule has 0 unspecified atom stereocenters. The monoisotopic (exact) mass is 278 g/mol. The first-order valence-electron chi connectivity index (χ1n) is 5.95. The molecule has 0 aromatic heterocycles. The normalized spacial score (nSPS) is 19.4. The molecule has 1 rings (SSSR count). The SMILES string of the molecule is CC(C)(CBr)OCCOC1CCCCC1. The molecule has 1 aliphatic carbocycles. The van der Waals surface area contributed by atoms with Crippen molar-refractivity contribution in [2.24, 2.45) is 0 Å². The summed E-state index contributed by atoms with van der Waals surface area (Å²) in [6.07, 6.45) is 7.02. The van der Waals surface area contributed by atoms with E-state index in [0.29, 0.717) is 12.7 Å². The van der Waals surface area contributed by atoms with Gasteiger partial charge < -0.3 is 9.47 Å². The highest BCUT2D eigenvalue weighted by Gasteiger charge is 2.17. The predicted octanol–water partition coefficient (Wildman–Crippen LogP) is 3.53. The molecule has 90 valence electrons. The van der Waals surface area contributed by atoms with E-state index >= 15 is 0 Å². The molecular weight excluding hydrogens is 256 g/mol. The second kappa shape index (κ2) is 6.87. The van der Waals surface area contributed by atoms with Gasteiger partial charge in [0.1, 0.15) is 0 Å². The van der Waals surface area contributed by atoms with Gasteiger partial charge in [0.05, 0.1) is 24.9 Å². The standard InChI is InChI=1S/C12H23BrO2/c1-12(2,10-13)15-9-8-14-11-6-4-3-5-7-11/h11H,3-10H2,1-2H3. The van der Waals surface area contributed by atoms with Crippen LogP contribution >= 0.6 is 15.9 Å². The van der Waals surface area contributed by atoms with Crippen molar-refractivity contribution in [3.8, 4) is 0 Å². The van der Waals surface area contributed by atoms with Crippen LogP contribution in [0.5, 0.6) is 0 Å². The fourth-order valence-corrected chi connectivity index (χ4v) is 1.96. The molecule has 3 heteroatoms. The number of rotatable bonds is 6. The highest BCUT2D eigenvalue weighted by atomic mass is 79.9. The summed E-state index contributed by atoms with van der Waals surface area (Å²) in [4.78, 5) is 0. The minimum Gasteiger partial charge on any atom is -0.376 e. The summed E-state index contributed by atoms with van der Waals surface area (Å²) in [5, 5.41) is 0.865. The van der Waals surface area contributed by atoms with Crippen LogP contribution in [-0.4, -0.2) is 30.2 Å². The third-order valence-corrected chi connectivity index (χ3v) is 4.15. The van der Waals surface area contributed by atoms with Crippen molar-refractivity contribution in [3.63, 3.8) is 0 Å². The summed E-state index contributed by atoms with van der Waals surface area (Å²) in [7, 11) is 0. The Kier molecular flexibility index (Phi) is 6.17. The Balaban J connectivity index is 2.00. The van der Waals surface area contributed by atoms with Gasteiger partial charge in [0.2, 0.25) is 0 Å². The van der Waals surface area contributed by atoms with Crippen LogP contribution in [0.2, 0.25) is 0 Å². The summed E-state index contributed by atoms with van der Waals surface area (Å²) in [5.74, 6) is 0. The van der Waals surface area contributed by atoms with Gasteiger partial charge in [-0.2, -0.15) is 0 Å². The number of ether oxygens (including phenoxy) is 2. The van der Waals surface area contributed by atoms with Crippen molar-refractivity contribution in [2.75, 3.05) is 18.5 Å². The van der Waals surface area contributed by atoms with Crippen molar-refractivity contribution in [1.29, 1.82) is 0 Å². The quantitative estimate of drug-likeness (QED) is 0.547. The van der Waals surface area contributed by atoms with E-state index in [-0.39, 0.29) is 5.60 Å². The highest BCUT2D eigenvalue weighted by Crippen LogP contribution is 2.20. The fraction of sp³-hybridized carbons (Fsp3) is 1.00. The molecule has 0 atom stereocenters. The van der Waals surface area contributed by atoms with E-state index in [1.807, 2.05) is 0 Å². The first kappa shape index (κ1) is 13.5. The van der Waals surface area contributed by atoms with Crippen LogP contribution in [-0.2, 0) is 9.47 Å². The summed E-state index contributed by atoms with van der Waals surface area (Å²) >= 11 is 3.43. The van der Waals surface area contributed by atoms with Crippen molar-refractivity contribution in [2.45, 2.75) is 57.7 Å². The van der Waals surface area contributed by atoms with Crippen molar-refractivity contribution in [1.82, 2.24) is 0 Å². The van der Waals surface area contributed by atoms with Crippen LogP contribution in [0.15, 0.2) is 0 Å². The largest absolute Gasteiger partial charge is 0.376 e. The molecule has 2 nitrogen and oxygen atoms in total. The average molecular weight is 279 g/mol. The molecule has 1 aliphatic rings. The molecule has 0 spiro atoms. The second-order valence-corrected chi connectivity index (χ2v) is 5.43. The molecule has 1 fully saturated rings. The molecule has 0 amide bonds. The Morgan fingerprint density at radius 3 is 2.40 bits per heavy atom. The average Bonchev–Trinajstić information content (AvgIpc) is 2.26. The Labute approximate surface area is 102 Å². The molecule has 0 saturated heterocycles. The molecule has 0 N–H and O–H groups in total. The Morgan fingerprint density at radius 2 is 1.80 bits per heavy atom. The molecule has 0 aliphatic heterocycles. The third kappa shape index (κ3) is 5.88. The maximum absolute atomic E-state index is 5.78. The predicted molar refractivity (Wildman–Crippen MR) is 66.7 cm³/mol. The van der Waals surface area contributed by atoms with Gasteiger partial charge in [-0.25, -0.2) is 0 Å². The first-order valence-corrected chi connectivity index (χ1v) is 7.08. The minimum atomic E-state index is -0.0735. The van der Waals surface area contributed by atoms with Gasteiger partial charge in [-0.05, 0) is 26.7 Å². The van der Waals surface area contributed by atoms with Crippen LogP contribution in [0.1, 0.15) is 46.0 Å². The Hall–Kier alpha value is 0.400. The van der Waals surface area contributed by atoms with Crippen molar-refractivity contribution >= 4 is 15.9 Å². The second-order valence-electron chi connectivity index (χ2n) is 4.87. The van der Waals surface area contributed by atoms with Crippen LogP contribution in [0, 0.1) is 0 Å². The molecule has 0 aromatic rings. The summed E-state index contributed by atoms with van der Waals surface area (Å²) < 4.78 is 11.5. The molecular formula is C12H23BrO2. The van der Waals surface area contributed by atoms with Gasteiger partial charge in [0.25, 0.3) is 0 Å². The van der Waals surface area contributed by atoms with Crippen LogP contribution in [0.25, 0.3) is 0 Å². The topological polar surface area (TPSA) is 18.5 Å². The molecule has 0 bridgehead atoms. The van der Waals surface area contributed by atoms with E-state index in [9.17, 15) is 0 Å². The van der Waals surface area contributed by atoms with E-state index in [1.54, 1.807) is 0 Å². The Bertz CT molecular complexity index is 165. The van der Waals surface area contributed by atoms with E-state index in [2.05, 4.69) is 29.8 Å². The summed E-state index contributed by atoms with van der Waals surface area (Å²) in [5.41, 5.74) is -0.0735. The molecule has 1 saturated carbocycles. The van der Waals surface area contributed by atoms with Crippen LogP contribution in [0.3, 0.4) is 0 Å². The smallest absolute Gasteiger partial charge is 0.0724 e. The first-order chi connectivity index (χ1) is 7.14. The zero-order chi connectivity index (χ0) is 11.1. The van der Waals surface area contributed by atoms with Gasteiger partial charge in [-0.1, -0.05) is 35.2 Å². The third-order valence-electron chi connectivity index (χ3n) is 2.80. The van der Waals surface area contributed by atoms with E-state index < -0.39 is 0 Å². The zero-order valence-electron chi connectivity index (χ0n) is 9.93. The molecule has 15 heavy (non-hydrogen) atoms. The summed E-state index contributed by atoms with van der Waals surface area (Å²) in [6.45, 7) is 5.61. The molecule has 0 heterocycles. The maximum Gasteiger partial charge on any atom is 0.0724 e. The van der Waals surface area contributed by atoms with E-state index in [4.69, 9.17) is 9.47 Å². The lowest BCUT2D eigenvalue weighted by molar-refractivity contribution is -0.0551. The summed E-state index contributed by atoms with van der Waals surface area (Å²) in [6, 6.07) is 0. The highest BCUT2D eigenvalue weighted by molar-refractivity contribution is 9.09. The number of halogens is 1. The van der Waals surface area contributed by atoms with Crippen LogP contribution in [0.4, 0.5) is 0 Å². The maximum atomic E-state index is 5.78. The van der Waals surface area contributed by atoms with Gasteiger partial charge in [0.15, 0.2) is 0 Å².